The Morgan fingerprint density at radius 3 is 2.88 bits per heavy atom. The van der Waals surface area contributed by atoms with E-state index in [1.165, 1.54) is 11.8 Å². The molecule has 1 aromatic heterocycles. The normalized spacial score (nSPS) is 10.1. The van der Waals surface area contributed by atoms with Gasteiger partial charge in [0, 0.05) is 18.1 Å². The van der Waals surface area contributed by atoms with Crippen LogP contribution in [0.1, 0.15) is 5.56 Å². The van der Waals surface area contributed by atoms with Gasteiger partial charge in [-0.3, -0.25) is 4.68 Å². The molecule has 5 heteroatoms. The lowest BCUT2D eigenvalue weighted by Gasteiger charge is -2.01. The zero-order valence-electron chi connectivity index (χ0n) is 8.51. The monoisotopic (exact) mass is 249 g/mol. The van der Waals surface area contributed by atoms with Gasteiger partial charge in [0.1, 0.15) is 0 Å². The maximum Gasteiger partial charge on any atom is 0.0992 e. The summed E-state index contributed by atoms with van der Waals surface area (Å²) in [5.41, 5.74) is 0.570. The summed E-state index contributed by atoms with van der Waals surface area (Å²) in [5, 5.41) is 13.4. The highest BCUT2D eigenvalue weighted by Crippen LogP contribution is 2.33. The van der Waals surface area contributed by atoms with Gasteiger partial charge >= 0.3 is 0 Å². The Morgan fingerprint density at radius 2 is 2.31 bits per heavy atom. The van der Waals surface area contributed by atoms with Gasteiger partial charge in [-0.25, -0.2) is 0 Å². The number of nitrogens with zero attached hydrogens (tertiary/aromatic N) is 3. The van der Waals surface area contributed by atoms with Gasteiger partial charge in [-0.2, -0.15) is 10.4 Å². The summed E-state index contributed by atoms with van der Waals surface area (Å²) in [6, 6.07) is 7.32. The third-order valence-electron chi connectivity index (χ3n) is 1.97. The smallest absolute Gasteiger partial charge is 0.0992 e. The van der Waals surface area contributed by atoms with Crippen molar-refractivity contribution in [2.24, 2.45) is 7.05 Å². The molecule has 1 aromatic carbocycles. The number of hydrogen-bond donors (Lipinski definition) is 0. The number of benzene rings is 1. The number of aryl methyl sites for hydroxylation is 1. The topological polar surface area (TPSA) is 41.6 Å². The van der Waals surface area contributed by atoms with E-state index < -0.39 is 0 Å². The second kappa shape index (κ2) is 4.60. The van der Waals surface area contributed by atoms with Crippen molar-refractivity contribution < 1.29 is 0 Å². The van der Waals surface area contributed by atoms with Gasteiger partial charge in [-0.1, -0.05) is 23.4 Å². The molecule has 0 saturated carbocycles. The van der Waals surface area contributed by atoms with E-state index in [0.717, 1.165) is 9.79 Å². The predicted octanol–water partition coefficient (Wildman–Crippen LogP) is 3.10. The number of nitriles is 1. The Bertz CT molecular complexity index is 557. The van der Waals surface area contributed by atoms with Crippen LogP contribution < -0.4 is 0 Å². The zero-order chi connectivity index (χ0) is 11.5. The van der Waals surface area contributed by atoms with Crippen LogP contribution in [0.25, 0.3) is 0 Å². The molecule has 2 rings (SSSR count). The maximum absolute atomic E-state index is 8.72. The van der Waals surface area contributed by atoms with Crippen molar-refractivity contribution in [3.8, 4) is 6.07 Å². The minimum absolute atomic E-state index is 0.570. The minimum atomic E-state index is 0.570. The molecular weight excluding hydrogens is 242 g/mol. The van der Waals surface area contributed by atoms with Crippen molar-refractivity contribution in [1.29, 1.82) is 5.26 Å². The zero-order valence-corrected chi connectivity index (χ0v) is 10.1. The molecule has 3 nitrogen and oxygen atoms in total. The first-order valence-corrected chi connectivity index (χ1v) is 5.74. The van der Waals surface area contributed by atoms with Crippen LogP contribution in [0.2, 0.25) is 5.02 Å². The molecule has 0 aliphatic rings. The first-order valence-electron chi connectivity index (χ1n) is 4.55. The molecule has 16 heavy (non-hydrogen) atoms. The summed E-state index contributed by atoms with van der Waals surface area (Å²) in [4.78, 5) is 1.95. The molecule has 0 amide bonds. The summed E-state index contributed by atoms with van der Waals surface area (Å²) < 4.78 is 1.74. The first-order chi connectivity index (χ1) is 7.69. The Labute approximate surface area is 103 Å². The quantitative estimate of drug-likeness (QED) is 0.821. The van der Waals surface area contributed by atoms with Crippen LogP contribution in [-0.4, -0.2) is 9.78 Å². The van der Waals surface area contributed by atoms with E-state index in [0.29, 0.717) is 10.6 Å². The van der Waals surface area contributed by atoms with E-state index in [1.807, 2.05) is 19.3 Å². The summed E-state index contributed by atoms with van der Waals surface area (Å²) >= 11 is 7.60. The summed E-state index contributed by atoms with van der Waals surface area (Å²) in [7, 11) is 1.87. The number of hydrogen-bond acceptors (Lipinski definition) is 3. The van der Waals surface area contributed by atoms with Crippen LogP contribution in [0, 0.1) is 11.3 Å². The molecule has 1 heterocycles. The lowest BCUT2D eigenvalue weighted by Crippen LogP contribution is -1.83. The van der Waals surface area contributed by atoms with E-state index in [2.05, 4.69) is 11.2 Å². The second-order valence-electron chi connectivity index (χ2n) is 3.21. The van der Waals surface area contributed by atoms with E-state index in [-0.39, 0.29) is 0 Å². The second-order valence-corrected chi connectivity index (χ2v) is 4.73. The van der Waals surface area contributed by atoms with Crippen LogP contribution >= 0.6 is 23.4 Å². The van der Waals surface area contributed by atoms with Crippen LogP contribution in [0.4, 0.5) is 0 Å². The van der Waals surface area contributed by atoms with Crippen molar-refractivity contribution in [3.05, 3.63) is 41.2 Å². The van der Waals surface area contributed by atoms with Gasteiger partial charge < -0.3 is 0 Å². The Morgan fingerprint density at radius 1 is 1.50 bits per heavy atom. The van der Waals surface area contributed by atoms with Gasteiger partial charge in [0.15, 0.2) is 0 Å². The molecule has 0 unspecified atom stereocenters. The van der Waals surface area contributed by atoms with Crippen LogP contribution in [0.3, 0.4) is 0 Å². The summed E-state index contributed by atoms with van der Waals surface area (Å²) in [5.74, 6) is 0. The third kappa shape index (κ3) is 2.38. The molecule has 2 aromatic rings. The van der Waals surface area contributed by atoms with E-state index in [1.54, 1.807) is 23.0 Å². The van der Waals surface area contributed by atoms with E-state index in [4.69, 9.17) is 16.9 Å². The Kier molecular flexibility index (Phi) is 3.18. The fourth-order valence-corrected chi connectivity index (χ4v) is 2.38. The van der Waals surface area contributed by atoms with E-state index in [9.17, 15) is 0 Å². The average Bonchev–Trinajstić information content (AvgIpc) is 2.67. The number of halogens is 1. The lowest BCUT2D eigenvalue weighted by molar-refractivity contribution is 0.766. The van der Waals surface area contributed by atoms with Crippen molar-refractivity contribution in [1.82, 2.24) is 9.78 Å². The van der Waals surface area contributed by atoms with E-state index >= 15 is 0 Å². The molecule has 0 fully saturated rings. The molecular formula is C11H8ClN3S. The molecule has 80 valence electrons. The molecule has 0 aliphatic carbocycles. The third-order valence-corrected chi connectivity index (χ3v) is 3.42. The average molecular weight is 250 g/mol. The first kappa shape index (κ1) is 11.1. The fourth-order valence-electron chi connectivity index (χ4n) is 1.23. The standard InChI is InChI=1S/C11H8ClN3S/c1-15-7-9(6-14-15)16-11-3-2-8(5-13)4-10(11)12/h2-4,6-7H,1H3. The van der Waals surface area contributed by atoms with Crippen LogP contribution in [0.15, 0.2) is 40.4 Å². The van der Waals surface area contributed by atoms with Crippen molar-refractivity contribution in [3.63, 3.8) is 0 Å². The molecule has 0 bridgehead atoms. The summed E-state index contributed by atoms with van der Waals surface area (Å²) in [6.45, 7) is 0. The fraction of sp³-hybridized carbons (Fsp3) is 0.0909. The SMILES string of the molecule is Cn1cc(Sc2ccc(C#N)cc2Cl)cn1. The molecule has 0 aliphatic heterocycles. The lowest BCUT2D eigenvalue weighted by atomic mass is 10.2. The van der Waals surface area contributed by atoms with Crippen LogP contribution in [0.5, 0.6) is 0 Å². The van der Waals surface area contributed by atoms with Gasteiger partial charge in [0.2, 0.25) is 0 Å². The Balaban J connectivity index is 2.26. The Hall–Kier alpha value is -1.44. The largest absolute Gasteiger partial charge is 0.275 e. The highest BCUT2D eigenvalue weighted by atomic mass is 35.5. The van der Waals surface area contributed by atoms with Gasteiger partial charge in [0.25, 0.3) is 0 Å². The van der Waals surface area contributed by atoms with Crippen LogP contribution in [-0.2, 0) is 7.05 Å². The molecule has 0 atom stereocenters. The van der Waals surface area contributed by atoms with Crippen molar-refractivity contribution in [2.75, 3.05) is 0 Å². The van der Waals surface area contributed by atoms with Crippen molar-refractivity contribution >= 4 is 23.4 Å². The highest BCUT2D eigenvalue weighted by molar-refractivity contribution is 7.99. The molecule has 0 radical (unpaired) electrons. The summed E-state index contributed by atoms with van der Waals surface area (Å²) in [6.07, 6.45) is 3.69. The highest BCUT2D eigenvalue weighted by Gasteiger charge is 2.05. The maximum atomic E-state index is 8.72. The minimum Gasteiger partial charge on any atom is -0.275 e. The number of aromatic nitrogens is 2. The number of rotatable bonds is 2. The molecule has 0 N–H and O–H groups in total. The molecule has 0 spiro atoms. The molecule has 0 saturated heterocycles. The van der Waals surface area contributed by atoms with Gasteiger partial charge in [0.05, 0.1) is 27.7 Å². The van der Waals surface area contributed by atoms with Gasteiger partial charge in [-0.05, 0) is 18.2 Å². The van der Waals surface area contributed by atoms with Gasteiger partial charge in [-0.15, -0.1) is 0 Å². The van der Waals surface area contributed by atoms with Crippen molar-refractivity contribution in [2.45, 2.75) is 9.79 Å². The predicted molar refractivity (Wildman–Crippen MR) is 63.5 cm³/mol.